The molecule has 0 radical (unpaired) electrons. The normalized spacial score (nSPS) is 23.1. The average Bonchev–Trinajstić information content (AvgIpc) is 3.41. The van der Waals surface area contributed by atoms with E-state index in [1.54, 1.807) is 35.1 Å². The number of benzene rings is 1. The second-order valence-electron chi connectivity index (χ2n) is 15.3. The minimum absolute atomic E-state index is 0.00586. The van der Waals surface area contributed by atoms with Crippen molar-refractivity contribution in [3.8, 4) is 0 Å². The molecule has 49 heavy (non-hydrogen) atoms. The molecule has 3 atom stereocenters. The Labute approximate surface area is 287 Å². The lowest BCUT2D eigenvalue weighted by molar-refractivity contribution is -0.151. The Kier molecular flexibility index (Phi) is 8.79. The van der Waals surface area contributed by atoms with E-state index in [0.717, 1.165) is 43.4 Å². The van der Waals surface area contributed by atoms with Crippen LogP contribution in [0, 0.1) is 22.7 Å². The van der Waals surface area contributed by atoms with Gasteiger partial charge in [-0.15, -0.1) is 0 Å². The molecular formula is C38H47N7O4. The van der Waals surface area contributed by atoms with Crippen LogP contribution in [0.15, 0.2) is 60.9 Å². The standard InChI is InChI=1S/C38H47N7O4/c1-37(2)17-28(37)36(49)44-23-38(24-44)22-43(35(48)27-18-40-45(20-27)19-25-11-6-4-7-12-25)21-29(38)33(46)42-32(34(47)39-3)31-16-10-15-30(41-31)26-13-8-5-9-14-26/h4,6-7,10-12,15-16,18,20,26,28-29,32H,5,8-9,13-14,17,19,21-24H2,1-3H3,(H,39,47)(H,42,46)/t28-,29+,32?/m1/s1. The second-order valence-corrected chi connectivity index (χ2v) is 15.3. The van der Waals surface area contributed by atoms with E-state index in [2.05, 4.69) is 29.6 Å². The van der Waals surface area contributed by atoms with Crippen LogP contribution >= 0.6 is 0 Å². The van der Waals surface area contributed by atoms with E-state index in [9.17, 15) is 19.2 Å². The van der Waals surface area contributed by atoms with Crippen molar-refractivity contribution in [1.82, 2.24) is 35.2 Å². The number of hydrogen-bond acceptors (Lipinski definition) is 6. The Hall–Kier alpha value is -4.54. The first-order valence-corrected chi connectivity index (χ1v) is 17.7. The van der Waals surface area contributed by atoms with E-state index in [0.29, 0.717) is 43.4 Å². The van der Waals surface area contributed by atoms with Crippen LogP contribution < -0.4 is 10.6 Å². The zero-order valence-electron chi connectivity index (χ0n) is 28.7. The summed E-state index contributed by atoms with van der Waals surface area (Å²) in [6.07, 6.45) is 9.87. The Morgan fingerprint density at radius 1 is 0.918 bits per heavy atom. The summed E-state index contributed by atoms with van der Waals surface area (Å²) >= 11 is 0. The first-order valence-electron chi connectivity index (χ1n) is 17.7. The fourth-order valence-electron chi connectivity index (χ4n) is 8.21. The highest BCUT2D eigenvalue weighted by atomic mass is 16.2. The maximum Gasteiger partial charge on any atom is 0.257 e. The molecule has 11 nitrogen and oxygen atoms in total. The highest BCUT2D eigenvalue weighted by Crippen LogP contribution is 2.54. The van der Waals surface area contributed by atoms with Crippen molar-refractivity contribution in [2.24, 2.45) is 22.7 Å². The monoisotopic (exact) mass is 665 g/mol. The van der Waals surface area contributed by atoms with Crippen LogP contribution in [-0.2, 0) is 20.9 Å². The quantitative estimate of drug-likeness (QED) is 0.357. The molecule has 7 rings (SSSR count). The van der Waals surface area contributed by atoms with Gasteiger partial charge >= 0.3 is 0 Å². The van der Waals surface area contributed by atoms with Gasteiger partial charge in [0.15, 0.2) is 6.04 Å². The molecule has 4 aliphatic rings. The van der Waals surface area contributed by atoms with Crippen LogP contribution in [0.5, 0.6) is 0 Å². The average molecular weight is 666 g/mol. The van der Waals surface area contributed by atoms with Crippen LogP contribution in [0.25, 0.3) is 0 Å². The lowest BCUT2D eigenvalue weighted by atomic mass is 9.70. The molecule has 1 aromatic carbocycles. The number of carbonyl (C=O) groups excluding carboxylic acids is 4. The number of amides is 4. The molecular weight excluding hydrogens is 618 g/mol. The van der Waals surface area contributed by atoms with Gasteiger partial charge in [-0.05, 0) is 42.4 Å². The summed E-state index contributed by atoms with van der Waals surface area (Å²) in [6, 6.07) is 14.7. The van der Waals surface area contributed by atoms with Crippen molar-refractivity contribution in [1.29, 1.82) is 0 Å². The fraction of sp³-hybridized carbons (Fsp3) is 0.526. The van der Waals surface area contributed by atoms with Crippen LogP contribution in [0.2, 0.25) is 0 Å². The highest BCUT2D eigenvalue weighted by molar-refractivity contribution is 5.96. The molecule has 4 amide bonds. The summed E-state index contributed by atoms with van der Waals surface area (Å²) in [4.78, 5) is 63.3. The van der Waals surface area contributed by atoms with Gasteiger partial charge in [0.05, 0.1) is 29.9 Å². The number of likely N-dealkylation sites (N-methyl/N-ethyl adjacent to an activating group) is 1. The number of nitrogens with one attached hydrogen (secondary N) is 2. The van der Waals surface area contributed by atoms with Gasteiger partial charge in [0, 0.05) is 62.4 Å². The van der Waals surface area contributed by atoms with Gasteiger partial charge in [0.25, 0.3) is 5.91 Å². The summed E-state index contributed by atoms with van der Waals surface area (Å²) in [7, 11) is 1.55. The van der Waals surface area contributed by atoms with Crippen molar-refractivity contribution >= 4 is 23.6 Å². The van der Waals surface area contributed by atoms with E-state index in [1.807, 2.05) is 47.4 Å². The van der Waals surface area contributed by atoms with Crippen LogP contribution in [0.1, 0.15) is 91.6 Å². The van der Waals surface area contributed by atoms with Gasteiger partial charge in [0.2, 0.25) is 17.7 Å². The Morgan fingerprint density at radius 3 is 2.33 bits per heavy atom. The highest BCUT2D eigenvalue weighted by Gasteiger charge is 2.62. The van der Waals surface area contributed by atoms with Crippen LogP contribution in [-0.4, -0.2) is 81.4 Å². The molecule has 1 spiro atoms. The molecule has 4 heterocycles. The van der Waals surface area contributed by atoms with Crippen LogP contribution in [0.4, 0.5) is 0 Å². The van der Waals surface area contributed by atoms with Gasteiger partial charge in [-0.2, -0.15) is 5.10 Å². The zero-order chi connectivity index (χ0) is 34.3. The second kappa shape index (κ2) is 13.1. The largest absolute Gasteiger partial charge is 0.357 e. The van der Waals surface area contributed by atoms with E-state index < -0.39 is 17.4 Å². The lowest BCUT2D eigenvalue weighted by Gasteiger charge is -2.50. The van der Waals surface area contributed by atoms with Crippen molar-refractivity contribution in [3.63, 3.8) is 0 Å². The molecule has 3 aromatic rings. The SMILES string of the molecule is CNC(=O)C(NC(=O)[C@@H]1CN(C(=O)c2cnn(Cc3ccccc3)c2)CC12CN(C(=O)[C@H]1CC1(C)C)C2)c1cccc(C2CCCCC2)n1. The van der Waals surface area contributed by atoms with Gasteiger partial charge < -0.3 is 20.4 Å². The number of pyridine rings is 1. The molecule has 258 valence electrons. The molecule has 2 aliphatic heterocycles. The molecule has 0 bridgehead atoms. The van der Waals surface area contributed by atoms with E-state index in [-0.39, 0.29) is 41.5 Å². The minimum atomic E-state index is -0.982. The molecule has 2 aliphatic carbocycles. The van der Waals surface area contributed by atoms with Crippen molar-refractivity contribution in [3.05, 3.63) is 83.4 Å². The Balaban J connectivity index is 1.11. The molecule has 2 saturated carbocycles. The van der Waals surface area contributed by atoms with E-state index in [4.69, 9.17) is 4.98 Å². The molecule has 2 saturated heterocycles. The Bertz CT molecular complexity index is 1720. The van der Waals surface area contributed by atoms with Gasteiger partial charge in [-0.25, -0.2) is 0 Å². The Morgan fingerprint density at radius 2 is 1.63 bits per heavy atom. The fourth-order valence-corrected chi connectivity index (χ4v) is 8.21. The van der Waals surface area contributed by atoms with Crippen LogP contribution in [0.3, 0.4) is 0 Å². The first-order chi connectivity index (χ1) is 23.6. The van der Waals surface area contributed by atoms with E-state index in [1.165, 1.54) is 6.42 Å². The first kappa shape index (κ1) is 33.0. The maximum absolute atomic E-state index is 14.3. The number of carbonyl (C=O) groups is 4. The molecule has 2 N–H and O–H groups in total. The smallest absolute Gasteiger partial charge is 0.257 e. The van der Waals surface area contributed by atoms with Crippen molar-refractivity contribution in [2.75, 3.05) is 33.2 Å². The third-order valence-electron chi connectivity index (χ3n) is 11.4. The van der Waals surface area contributed by atoms with Gasteiger partial charge in [-0.1, -0.05) is 69.5 Å². The van der Waals surface area contributed by atoms with E-state index >= 15 is 0 Å². The number of rotatable bonds is 9. The maximum atomic E-state index is 14.3. The topological polar surface area (TPSA) is 130 Å². The predicted molar refractivity (Wildman–Crippen MR) is 183 cm³/mol. The zero-order valence-corrected chi connectivity index (χ0v) is 28.7. The predicted octanol–water partition coefficient (Wildman–Crippen LogP) is 3.92. The third-order valence-corrected chi connectivity index (χ3v) is 11.4. The van der Waals surface area contributed by atoms with Gasteiger partial charge in [-0.3, -0.25) is 28.8 Å². The molecule has 1 unspecified atom stereocenters. The summed E-state index contributed by atoms with van der Waals surface area (Å²) in [5, 5.41) is 10.2. The summed E-state index contributed by atoms with van der Waals surface area (Å²) in [6.45, 7) is 6.06. The molecule has 2 aromatic heterocycles. The third kappa shape index (κ3) is 6.59. The van der Waals surface area contributed by atoms with Crippen molar-refractivity contribution in [2.45, 2.75) is 70.9 Å². The number of aromatic nitrogens is 3. The number of likely N-dealkylation sites (tertiary alicyclic amines) is 2. The number of hydrogen-bond donors (Lipinski definition) is 2. The summed E-state index contributed by atoms with van der Waals surface area (Å²) in [5.74, 6) is -1.02. The molecule has 11 heteroatoms. The number of nitrogens with zero attached hydrogens (tertiary/aromatic N) is 5. The van der Waals surface area contributed by atoms with Gasteiger partial charge in [0.1, 0.15) is 0 Å². The lowest BCUT2D eigenvalue weighted by Crippen LogP contribution is -2.64. The summed E-state index contributed by atoms with van der Waals surface area (Å²) in [5.41, 5.74) is 2.36. The molecule has 4 fully saturated rings. The van der Waals surface area contributed by atoms with Crippen molar-refractivity contribution < 1.29 is 19.2 Å². The summed E-state index contributed by atoms with van der Waals surface area (Å²) < 4.78 is 1.74. The minimum Gasteiger partial charge on any atom is -0.357 e.